The molecule has 60 heavy (non-hydrogen) atoms. The number of nitro benzene ring substituents is 2. The first-order chi connectivity index (χ1) is 27.0. The van der Waals surface area contributed by atoms with E-state index in [0.29, 0.717) is 16.8 Å². The Labute approximate surface area is 398 Å². The fourth-order valence-corrected chi connectivity index (χ4v) is 5.90. The molecule has 0 spiro atoms. The van der Waals surface area contributed by atoms with Crippen LogP contribution in [0.4, 0.5) is 34.1 Å². The number of nitro groups is 2. The predicted molar refractivity (Wildman–Crippen MR) is 195 cm³/mol. The molecule has 0 aliphatic heterocycles. The molecule has 6 rings (SSSR count). The standard InChI is InChI=1S/C20H13N3O7S.C16H13ClN4O5.Cr.2Na/c24-16-8-5-11-3-1-2-4-13(11)19(16)21-22-20-14-7-6-12(23(26)27)9-15(14)18(10-17(20)25)31(28,29)30;1-9(22)15(16(24)18-12-5-3-2-4-11(12)17)20-19-13-8-10(21(25)26)6-7-14(13)23;;;/h1-10,24-25H,(H,28,29,30);2-8,22-23H,1H3,(H,18,24);;;/q;;+3;2*+1/p-5/b;15-9-,20-19?;;;. The molecule has 0 aliphatic carbocycles. The minimum atomic E-state index is -5.11. The van der Waals surface area contributed by atoms with Crippen LogP contribution < -0.4 is 84.9 Å². The van der Waals surface area contributed by atoms with Gasteiger partial charge in [0.25, 0.3) is 17.3 Å². The fraction of sp³-hybridized carbons (Fsp3) is 0.0278. The fourth-order valence-electron chi connectivity index (χ4n) is 5.02. The van der Waals surface area contributed by atoms with E-state index in [0.717, 1.165) is 43.3 Å². The van der Waals surface area contributed by atoms with Gasteiger partial charge in [-0.25, -0.2) is 8.42 Å². The molecule has 24 heteroatoms. The van der Waals surface area contributed by atoms with Gasteiger partial charge in [-0.05, 0) is 29.7 Å². The topological polar surface area (TPSA) is 314 Å². The molecule has 0 unspecified atom stereocenters. The number of benzene rings is 6. The van der Waals surface area contributed by atoms with E-state index in [-0.39, 0.29) is 121 Å². The third-order valence-electron chi connectivity index (χ3n) is 7.69. The summed E-state index contributed by atoms with van der Waals surface area (Å²) in [6, 6.07) is 22.6. The Bertz CT molecular complexity index is 2830. The minimum absolute atomic E-state index is 0. The molecule has 6 aromatic rings. The molecular formula is C36H21ClCrN7Na2O12S. The van der Waals surface area contributed by atoms with Crippen LogP contribution in [-0.4, -0.2) is 28.7 Å². The van der Waals surface area contributed by atoms with Gasteiger partial charge in [0.2, 0.25) is 0 Å². The maximum atomic E-state index is 12.5. The molecule has 293 valence electrons. The van der Waals surface area contributed by atoms with E-state index in [9.17, 15) is 58.4 Å². The third-order valence-corrected chi connectivity index (χ3v) is 8.90. The number of non-ortho nitro benzene ring substituents is 2. The summed E-state index contributed by atoms with van der Waals surface area (Å²) in [5.74, 6) is -3.63. The van der Waals surface area contributed by atoms with E-state index >= 15 is 0 Å². The number of rotatable bonds is 9. The number of hydrogen-bond acceptors (Lipinski definition) is 16. The monoisotopic (exact) mass is 908 g/mol. The molecule has 0 aliphatic rings. The van der Waals surface area contributed by atoms with Crippen LogP contribution in [0.3, 0.4) is 0 Å². The van der Waals surface area contributed by atoms with Crippen LogP contribution in [0.2, 0.25) is 5.02 Å². The average Bonchev–Trinajstić information content (AvgIpc) is 3.16. The van der Waals surface area contributed by atoms with Crippen LogP contribution in [0.15, 0.2) is 140 Å². The van der Waals surface area contributed by atoms with Gasteiger partial charge in [-0.2, -0.15) is 15.3 Å². The van der Waals surface area contributed by atoms with Crippen LogP contribution in [0.1, 0.15) is 6.92 Å². The van der Waals surface area contributed by atoms with Crippen molar-refractivity contribution in [3.63, 3.8) is 0 Å². The van der Waals surface area contributed by atoms with E-state index < -0.39 is 65.2 Å². The van der Waals surface area contributed by atoms with Crippen LogP contribution in [-0.2, 0) is 32.3 Å². The number of carbonyl (C=O) groups is 1. The zero-order valence-corrected chi connectivity index (χ0v) is 37.9. The van der Waals surface area contributed by atoms with Crippen molar-refractivity contribution in [2.24, 2.45) is 20.5 Å². The van der Waals surface area contributed by atoms with Crippen molar-refractivity contribution in [1.82, 2.24) is 0 Å². The average molecular weight is 909 g/mol. The molecule has 6 aromatic carbocycles. The number of fused-ring (bicyclic) bond motifs is 2. The van der Waals surface area contributed by atoms with Crippen molar-refractivity contribution in [3.05, 3.63) is 140 Å². The van der Waals surface area contributed by atoms with Gasteiger partial charge >= 0.3 is 76.5 Å². The Morgan fingerprint density at radius 2 is 1.27 bits per heavy atom. The number of carbonyl (C=O) groups excluding carboxylic acids is 1. The second kappa shape index (κ2) is 22.0. The smallest absolute Gasteiger partial charge is 0.874 e. The van der Waals surface area contributed by atoms with Crippen LogP contribution >= 0.6 is 11.6 Å². The van der Waals surface area contributed by atoms with Crippen molar-refractivity contribution in [2.75, 3.05) is 5.32 Å². The van der Waals surface area contributed by atoms with E-state index in [4.69, 9.17) is 11.6 Å². The van der Waals surface area contributed by atoms with Crippen LogP contribution in [0.5, 0.6) is 17.2 Å². The van der Waals surface area contributed by atoms with Crippen molar-refractivity contribution in [3.8, 4) is 17.2 Å². The Morgan fingerprint density at radius 3 is 1.88 bits per heavy atom. The van der Waals surface area contributed by atoms with Crippen molar-refractivity contribution in [2.45, 2.75) is 11.8 Å². The summed E-state index contributed by atoms with van der Waals surface area (Å²) in [6.45, 7) is 1.09. The molecule has 0 fully saturated rings. The molecule has 0 bridgehead atoms. The Kier molecular flexibility index (Phi) is 18.8. The first-order valence-electron chi connectivity index (χ1n) is 15.8. The van der Waals surface area contributed by atoms with Crippen molar-refractivity contribution < 1.29 is 125 Å². The Balaban J connectivity index is 0.000000400. The second-order valence-electron chi connectivity index (χ2n) is 11.4. The van der Waals surface area contributed by atoms with Gasteiger partial charge in [0.05, 0.1) is 42.5 Å². The number of amides is 1. The third kappa shape index (κ3) is 12.3. The van der Waals surface area contributed by atoms with Crippen molar-refractivity contribution in [1.29, 1.82) is 0 Å². The van der Waals surface area contributed by atoms with Crippen LogP contribution in [0.25, 0.3) is 21.5 Å². The number of nitrogens with zero attached hydrogens (tertiary/aromatic N) is 6. The number of anilines is 1. The molecule has 1 N–H and O–H groups in total. The summed E-state index contributed by atoms with van der Waals surface area (Å²) < 4.78 is 34.8. The summed E-state index contributed by atoms with van der Waals surface area (Å²) in [5.41, 5.74) is -1.94. The van der Waals surface area contributed by atoms with E-state index in [1.54, 1.807) is 48.5 Å². The minimum Gasteiger partial charge on any atom is -0.874 e. The van der Waals surface area contributed by atoms with Gasteiger partial charge in [0.15, 0.2) is 0 Å². The number of hydrogen-bond donors (Lipinski definition) is 1. The number of azo groups is 2. The molecule has 1 amide bonds. The maximum absolute atomic E-state index is 12.5. The SMILES string of the molecule is C/C([O-])=C(/N=Nc1cc([N+](=O)[O-])ccc1[O-])C(=O)Nc1ccccc1Cl.O=[N+]([O-])c1ccc2c(N=Nc3c([O-])ccc4ccccc34)c([O-])cc(S(=O)(=O)[O-])c2c1.[Cr+3].[Na+].[Na+]. The first-order valence-corrected chi connectivity index (χ1v) is 17.5. The molecule has 0 heterocycles. The molecular weight excluding hydrogens is 888 g/mol. The van der Waals surface area contributed by atoms with Gasteiger partial charge in [0, 0.05) is 40.4 Å². The summed E-state index contributed by atoms with van der Waals surface area (Å²) in [5, 5.41) is 88.2. The predicted octanol–water partition coefficient (Wildman–Crippen LogP) is 0.00940. The zero-order valence-electron chi connectivity index (χ0n) is 31.1. The molecule has 0 saturated carbocycles. The summed E-state index contributed by atoms with van der Waals surface area (Å²) in [7, 11) is -5.11. The summed E-state index contributed by atoms with van der Waals surface area (Å²) in [4.78, 5) is 31.7. The van der Waals surface area contributed by atoms with Gasteiger partial charge in [-0.3, -0.25) is 25.0 Å². The summed E-state index contributed by atoms with van der Waals surface area (Å²) >= 11 is 5.93. The first kappa shape index (κ1) is 51.1. The second-order valence-corrected chi connectivity index (χ2v) is 13.2. The normalized spacial score (nSPS) is 11.4. The molecule has 0 atom stereocenters. The summed E-state index contributed by atoms with van der Waals surface area (Å²) in [6.07, 6.45) is 0. The van der Waals surface area contributed by atoms with Crippen molar-refractivity contribution >= 4 is 83.3 Å². The van der Waals surface area contributed by atoms with Gasteiger partial charge in [-0.1, -0.05) is 90.4 Å². The molecule has 19 nitrogen and oxygen atoms in total. The van der Waals surface area contributed by atoms with Gasteiger partial charge < -0.3 is 30.3 Å². The number of para-hydroxylation sites is 1. The zero-order chi connectivity index (χ0) is 41.6. The van der Waals surface area contributed by atoms with E-state index in [1.807, 2.05) is 0 Å². The Hall–Kier alpha value is -5.02. The Morgan fingerprint density at radius 1 is 0.700 bits per heavy atom. The molecule has 1 radical (unpaired) electrons. The largest absolute Gasteiger partial charge is 3.00 e. The van der Waals surface area contributed by atoms with E-state index in [1.165, 1.54) is 12.1 Å². The maximum Gasteiger partial charge on any atom is 3.00 e. The van der Waals surface area contributed by atoms with Gasteiger partial charge in [0.1, 0.15) is 15.8 Å². The molecule has 0 saturated heterocycles. The van der Waals surface area contributed by atoms with Crippen LogP contribution in [0, 0.1) is 20.2 Å². The number of allylic oxidation sites excluding steroid dienone is 1. The number of nitrogens with one attached hydrogen (secondary N) is 1. The number of halogens is 1. The quantitative estimate of drug-likeness (QED) is 0.0382. The van der Waals surface area contributed by atoms with Gasteiger partial charge in [-0.15, -0.1) is 10.9 Å². The molecule has 0 aromatic heterocycles. The van der Waals surface area contributed by atoms with E-state index in [2.05, 4.69) is 25.8 Å².